The number of nitrogens with one attached hydrogen (secondary N) is 1. The Kier molecular flexibility index (Phi) is 4.56. The van der Waals surface area contributed by atoms with Crippen molar-refractivity contribution in [1.82, 2.24) is 4.90 Å². The summed E-state index contributed by atoms with van der Waals surface area (Å²) in [6.45, 7) is 6.74. The summed E-state index contributed by atoms with van der Waals surface area (Å²) in [5, 5.41) is 3.20. The quantitative estimate of drug-likeness (QED) is 0.922. The van der Waals surface area contributed by atoms with Crippen molar-refractivity contribution in [3.63, 3.8) is 0 Å². The Labute approximate surface area is 126 Å². The topological polar surface area (TPSA) is 66.5 Å². The molecule has 0 aliphatic carbocycles. The fraction of sp³-hybridized carbons (Fsp3) is 0.533. The highest BCUT2D eigenvalue weighted by Crippen LogP contribution is 2.22. The van der Waals surface area contributed by atoms with Gasteiger partial charge in [0.1, 0.15) is 0 Å². The minimum absolute atomic E-state index is 0.0428. The van der Waals surface area contributed by atoms with Crippen molar-refractivity contribution in [2.45, 2.75) is 26.8 Å². The van der Waals surface area contributed by atoms with Crippen molar-refractivity contribution in [2.75, 3.05) is 29.9 Å². The molecule has 1 N–H and O–H groups in total. The molecule has 6 heteroatoms. The van der Waals surface area contributed by atoms with E-state index in [2.05, 4.69) is 5.32 Å². The lowest BCUT2D eigenvalue weighted by molar-refractivity contribution is 0.0713. The van der Waals surface area contributed by atoms with E-state index in [0.29, 0.717) is 5.56 Å². The van der Waals surface area contributed by atoms with Gasteiger partial charge < -0.3 is 10.2 Å². The molecule has 1 aromatic carbocycles. The molecule has 0 radical (unpaired) electrons. The molecule has 1 aliphatic heterocycles. The van der Waals surface area contributed by atoms with Crippen molar-refractivity contribution < 1.29 is 13.2 Å². The number of nitrogens with zero attached hydrogens (tertiary/aromatic N) is 1. The van der Waals surface area contributed by atoms with Crippen molar-refractivity contribution in [2.24, 2.45) is 0 Å². The fourth-order valence-corrected chi connectivity index (χ4v) is 4.19. The predicted octanol–water partition coefficient (Wildman–Crippen LogP) is 1.69. The van der Waals surface area contributed by atoms with E-state index >= 15 is 0 Å². The highest BCUT2D eigenvalue weighted by atomic mass is 32.2. The smallest absolute Gasteiger partial charge is 0.256 e. The van der Waals surface area contributed by atoms with Crippen LogP contribution in [-0.4, -0.2) is 49.9 Å². The molecular weight excluding hydrogens is 288 g/mol. The Morgan fingerprint density at radius 3 is 2.76 bits per heavy atom. The maximum atomic E-state index is 12.7. The van der Waals surface area contributed by atoms with Gasteiger partial charge in [-0.05, 0) is 38.5 Å². The minimum atomic E-state index is -3.02. The zero-order valence-electron chi connectivity index (χ0n) is 12.7. The number of aryl methyl sites for hydroxylation is 1. The van der Waals surface area contributed by atoms with Crippen LogP contribution in [0, 0.1) is 6.92 Å². The lowest BCUT2D eigenvalue weighted by Gasteiger charge is -2.33. The van der Waals surface area contributed by atoms with E-state index in [9.17, 15) is 13.2 Å². The molecule has 1 unspecified atom stereocenters. The molecule has 1 fully saturated rings. The van der Waals surface area contributed by atoms with Crippen LogP contribution in [0.1, 0.15) is 29.8 Å². The number of rotatable bonds is 3. The molecule has 2 rings (SSSR count). The molecule has 0 aromatic heterocycles. The number of sulfone groups is 1. The summed E-state index contributed by atoms with van der Waals surface area (Å²) in [6.07, 6.45) is 0. The first-order valence-electron chi connectivity index (χ1n) is 7.20. The van der Waals surface area contributed by atoms with Gasteiger partial charge in [-0.15, -0.1) is 0 Å². The van der Waals surface area contributed by atoms with Crippen LogP contribution in [0.2, 0.25) is 0 Å². The van der Waals surface area contributed by atoms with Crippen molar-refractivity contribution >= 4 is 21.4 Å². The number of benzene rings is 1. The van der Waals surface area contributed by atoms with Crippen LogP contribution in [0.25, 0.3) is 0 Å². The molecule has 116 valence electrons. The molecular formula is C15H22N2O3S. The third-order valence-electron chi connectivity index (χ3n) is 3.70. The summed E-state index contributed by atoms with van der Waals surface area (Å²) >= 11 is 0. The van der Waals surface area contributed by atoms with Gasteiger partial charge in [0.25, 0.3) is 5.91 Å². The van der Waals surface area contributed by atoms with E-state index in [0.717, 1.165) is 17.8 Å². The van der Waals surface area contributed by atoms with Gasteiger partial charge in [-0.2, -0.15) is 0 Å². The number of amides is 1. The number of hydrogen-bond donors (Lipinski definition) is 1. The molecule has 1 aromatic rings. The highest BCUT2D eigenvalue weighted by Gasteiger charge is 2.32. The zero-order chi connectivity index (χ0) is 15.6. The van der Waals surface area contributed by atoms with Gasteiger partial charge in [0.2, 0.25) is 0 Å². The molecule has 1 saturated heterocycles. The Balaban J connectivity index is 2.28. The van der Waals surface area contributed by atoms with E-state index in [1.807, 2.05) is 32.0 Å². The third kappa shape index (κ3) is 3.56. The van der Waals surface area contributed by atoms with Gasteiger partial charge in [-0.1, -0.05) is 6.07 Å². The van der Waals surface area contributed by atoms with Crippen LogP contribution in [0.5, 0.6) is 0 Å². The van der Waals surface area contributed by atoms with E-state index in [-0.39, 0.29) is 30.0 Å². The first-order valence-corrected chi connectivity index (χ1v) is 9.02. The first kappa shape index (κ1) is 15.8. The van der Waals surface area contributed by atoms with E-state index < -0.39 is 9.84 Å². The average molecular weight is 310 g/mol. The van der Waals surface area contributed by atoms with Gasteiger partial charge in [0, 0.05) is 24.8 Å². The number of carbonyl (C=O) groups excluding carboxylic acids is 1. The monoisotopic (exact) mass is 310 g/mol. The van der Waals surface area contributed by atoms with Gasteiger partial charge in [-0.25, -0.2) is 8.42 Å². The Morgan fingerprint density at radius 2 is 2.14 bits per heavy atom. The maximum Gasteiger partial charge on any atom is 0.256 e. The fourth-order valence-electron chi connectivity index (χ4n) is 2.64. The summed E-state index contributed by atoms with van der Waals surface area (Å²) in [6, 6.07) is 5.37. The lowest BCUT2D eigenvalue weighted by atomic mass is 10.1. The van der Waals surface area contributed by atoms with Crippen LogP contribution in [0.15, 0.2) is 18.2 Å². The normalized spacial score (nSPS) is 21.1. The number of carbonyl (C=O) groups is 1. The van der Waals surface area contributed by atoms with E-state index in [1.165, 1.54) is 0 Å². The number of anilines is 1. The third-order valence-corrected chi connectivity index (χ3v) is 5.50. The number of hydrogen-bond acceptors (Lipinski definition) is 4. The summed E-state index contributed by atoms with van der Waals surface area (Å²) in [5.74, 6) is -0.0135. The Morgan fingerprint density at radius 1 is 1.43 bits per heavy atom. The van der Waals surface area contributed by atoms with Gasteiger partial charge in [-0.3, -0.25) is 4.79 Å². The molecule has 1 amide bonds. The van der Waals surface area contributed by atoms with Crippen LogP contribution in [0.4, 0.5) is 5.69 Å². The molecule has 21 heavy (non-hydrogen) atoms. The summed E-state index contributed by atoms with van der Waals surface area (Å²) in [5.41, 5.74) is 2.49. The zero-order valence-corrected chi connectivity index (χ0v) is 13.5. The minimum Gasteiger partial charge on any atom is -0.385 e. The SMILES string of the molecule is CCNc1cc(C)ccc1C(=O)N1CCS(=O)(=O)CC1C. The molecule has 0 saturated carbocycles. The van der Waals surface area contributed by atoms with E-state index in [1.54, 1.807) is 11.8 Å². The van der Waals surface area contributed by atoms with Crippen LogP contribution in [0.3, 0.4) is 0 Å². The summed E-state index contributed by atoms with van der Waals surface area (Å²) < 4.78 is 23.3. The standard InChI is InChI=1S/C15H22N2O3S/c1-4-16-14-9-11(2)5-6-13(14)15(18)17-7-8-21(19,20)10-12(17)3/h5-6,9,12,16H,4,7-8,10H2,1-3H3. The Bertz CT molecular complexity index is 640. The molecule has 1 aliphatic rings. The first-order chi connectivity index (χ1) is 9.84. The average Bonchev–Trinajstić information content (AvgIpc) is 2.37. The highest BCUT2D eigenvalue weighted by molar-refractivity contribution is 7.91. The van der Waals surface area contributed by atoms with Crippen molar-refractivity contribution in [3.8, 4) is 0 Å². The second-order valence-electron chi connectivity index (χ2n) is 5.54. The Hall–Kier alpha value is -1.56. The molecule has 0 spiro atoms. The molecule has 5 nitrogen and oxygen atoms in total. The lowest BCUT2D eigenvalue weighted by Crippen LogP contribution is -2.49. The van der Waals surface area contributed by atoms with Crippen molar-refractivity contribution in [1.29, 1.82) is 0 Å². The second-order valence-corrected chi connectivity index (χ2v) is 7.77. The predicted molar refractivity (Wildman–Crippen MR) is 84.5 cm³/mol. The largest absolute Gasteiger partial charge is 0.385 e. The van der Waals surface area contributed by atoms with Crippen LogP contribution in [-0.2, 0) is 9.84 Å². The van der Waals surface area contributed by atoms with Gasteiger partial charge >= 0.3 is 0 Å². The maximum absolute atomic E-state index is 12.7. The van der Waals surface area contributed by atoms with Crippen LogP contribution >= 0.6 is 0 Å². The summed E-state index contributed by atoms with van der Waals surface area (Å²) in [4.78, 5) is 14.4. The molecule has 1 atom stereocenters. The van der Waals surface area contributed by atoms with Gasteiger partial charge in [0.05, 0.1) is 17.1 Å². The van der Waals surface area contributed by atoms with Crippen molar-refractivity contribution in [3.05, 3.63) is 29.3 Å². The summed E-state index contributed by atoms with van der Waals surface area (Å²) in [7, 11) is -3.02. The van der Waals surface area contributed by atoms with Gasteiger partial charge in [0.15, 0.2) is 9.84 Å². The van der Waals surface area contributed by atoms with E-state index in [4.69, 9.17) is 0 Å². The second kappa shape index (κ2) is 6.05. The molecule has 1 heterocycles. The van der Waals surface area contributed by atoms with Crippen LogP contribution < -0.4 is 5.32 Å². The molecule has 0 bridgehead atoms.